The highest BCUT2D eigenvalue weighted by atomic mass is 32.1. The normalized spacial score (nSPS) is 21.5. The van der Waals surface area contributed by atoms with Gasteiger partial charge in [-0.3, -0.25) is 4.79 Å². The van der Waals surface area contributed by atoms with E-state index in [1.54, 1.807) is 11.4 Å². The molecule has 1 saturated carbocycles. The molecule has 2 rings (SSSR count). The Morgan fingerprint density at radius 2 is 2.37 bits per heavy atom. The molecule has 19 heavy (non-hydrogen) atoms. The molecule has 5 heteroatoms. The number of nitrogens with one attached hydrogen (secondary N) is 1. The van der Waals surface area contributed by atoms with Crippen molar-refractivity contribution in [1.29, 1.82) is 0 Å². The van der Waals surface area contributed by atoms with Crippen LogP contribution in [-0.2, 0) is 4.79 Å². The third-order valence-corrected chi connectivity index (χ3v) is 4.07. The van der Waals surface area contributed by atoms with Crippen LogP contribution in [0.4, 0.5) is 0 Å². The van der Waals surface area contributed by atoms with Gasteiger partial charge in [-0.2, -0.15) is 0 Å². The van der Waals surface area contributed by atoms with Crippen LogP contribution in [0.25, 0.3) is 6.08 Å². The summed E-state index contributed by atoms with van der Waals surface area (Å²) in [6.07, 6.45) is 5.97. The molecule has 1 heterocycles. The smallest absolute Gasteiger partial charge is 0.328 e. The van der Waals surface area contributed by atoms with Crippen LogP contribution >= 0.6 is 11.3 Å². The molecule has 2 atom stereocenters. The average molecular weight is 279 g/mol. The predicted octanol–water partition coefficient (Wildman–Crippen LogP) is 2.76. The second-order valence-electron chi connectivity index (χ2n) is 4.77. The first-order chi connectivity index (χ1) is 9.10. The zero-order chi connectivity index (χ0) is 13.8. The number of carbonyl (C=O) groups is 2. The van der Waals surface area contributed by atoms with Gasteiger partial charge in [-0.1, -0.05) is 13.3 Å². The van der Waals surface area contributed by atoms with Crippen molar-refractivity contribution in [1.82, 2.24) is 5.32 Å². The number of carboxylic acids is 1. The van der Waals surface area contributed by atoms with Crippen LogP contribution < -0.4 is 5.32 Å². The van der Waals surface area contributed by atoms with Gasteiger partial charge in [0.15, 0.2) is 0 Å². The fourth-order valence-electron chi connectivity index (χ4n) is 2.08. The number of carboxylic acid groups (broad SMARTS) is 1. The fourth-order valence-corrected chi connectivity index (χ4v) is 2.86. The molecule has 2 unspecified atom stereocenters. The van der Waals surface area contributed by atoms with Gasteiger partial charge in [0.2, 0.25) is 0 Å². The zero-order valence-electron chi connectivity index (χ0n) is 10.8. The molecule has 1 aliphatic rings. The molecule has 1 fully saturated rings. The van der Waals surface area contributed by atoms with Gasteiger partial charge in [-0.25, -0.2) is 4.79 Å². The lowest BCUT2D eigenvalue weighted by Crippen LogP contribution is -2.26. The molecule has 1 aromatic heterocycles. The zero-order valence-corrected chi connectivity index (χ0v) is 11.6. The van der Waals surface area contributed by atoms with Crippen molar-refractivity contribution in [2.24, 2.45) is 5.92 Å². The second kappa shape index (κ2) is 6.02. The van der Waals surface area contributed by atoms with E-state index in [9.17, 15) is 9.59 Å². The minimum Gasteiger partial charge on any atom is -0.478 e. The minimum absolute atomic E-state index is 0.0603. The second-order valence-corrected chi connectivity index (χ2v) is 5.72. The van der Waals surface area contributed by atoms with Crippen LogP contribution in [0.2, 0.25) is 0 Å². The maximum atomic E-state index is 12.0. The summed E-state index contributed by atoms with van der Waals surface area (Å²) in [6.45, 7) is 2.15. The van der Waals surface area contributed by atoms with Gasteiger partial charge in [0, 0.05) is 22.4 Å². The molecule has 0 saturated heterocycles. The summed E-state index contributed by atoms with van der Waals surface area (Å²) in [4.78, 5) is 23.1. The summed E-state index contributed by atoms with van der Waals surface area (Å²) in [5, 5.41) is 13.3. The van der Waals surface area contributed by atoms with Crippen molar-refractivity contribution in [3.8, 4) is 0 Å². The first-order valence-corrected chi connectivity index (χ1v) is 7.28. The van der Waals surface area contributed by atoms with E-state index in [2.05, 4.69) is 12.2 Å². The van der Waals surface area contributed by atoms with E-state index in [0.29, 0.717) is 17.5 Å². The van der Waals surface area contributed by atoms with E-state index in [1.807, 2.05) is 0 Å². The average Bonchev–Trinajstić information content (AvgIpc) is 2.92. The van der Waals surface area contributed by atoms with Crippen molar-refractivity contribution in [2.75, 3.05) is 0 Å². The van der Waals surface area contributed by atoms with Crippen LogP contribution in [0.3, 0.4) is 0 Å². The van der Waals surface area contributed by atoms with E-state index in [4.69, 9.17) is 5.11 Å². The van der Waals surface area contributed by atoms with E-state index >= 15 is 0 Å². The van der Waals surface area contributed by atoms with Gasteiger partial charge in [-0.15, -0.1) is 11.3 Å². The van der Waals surface area contributed by atoms with Crippen molar-refractivity contribution >= 4 is 29.3 Å². The molecular weight excluding hydrogens is 262 g/mol. The highest BCUT2D eigenvalue weighted by Gasteiger charge is 2.37. The lowest BCUT2D eigenvalue weighted by Gasteiger charge is -2.01. The summed E-state index contributed by atoms with van der Waals surface area (Å²) in [5.74, 6) is -0.409. The topological polar surface area (TPSA) is 66.4 Å². The first kappa shape index (κ1) is 13.8. The van der Waals surface area contributed by atoms with Crippen LogP contribution in [0.5, 0.6) is 0 Å². The first-order valence-electron chi connectivity index (χ1n) is 6.40. The molecule has 0 aliphatic heterocycles. The molecule has 1 amide bonds. The number of rotatable bonds is 6. The standard InChI is InChI=1S/C14H17NO3S/c1-2-3-9-7-12(9)15-14(18)10-6-11(19-8-10)4-5-13(16)17/h4-6,8-9,12H,2-3,7H2,1H3,(H,15,18)(H,16,17)/b5-4+. The number of thiophene rings is 1. The Balaban J connectivity index is 1.88. The van der Waals surface area contributed by atoms with E-state index in [1.165, 1.54) is 23.8 Å². The molecule has 4 nitrogen and oxygen atoms in total. The summed E-state index contributed by atoms with van der Waals surface area (Å²) in [7, 11) is 0. The van der Waals surface area contributed by atoms with Crippen LogP contribution in [0.15, 0.2) is 17.5 Å². The molecule has 102 valence electrons. The van der Waals surface area contributed by atoms with Gasteiger partial charge in [-0.05, 0) is 30.9 Å². The Kier molecular flexibility index (Phi) is 4.37. The monoisotopic (exact) mass is 279 g/mol. The maximum Gasteiger partial charge on any atom is 0.328 e. The lowest BCUT2D eigenvalue weighted by molar-refractivity contribution is -0.131. The van der Waals surface area contributed by atoms with E-state index < -0.39 is 5.97 Å². The van der Waals surface area contributed by atoms with Crippen molar-refractivity contribution in [3.05, 3.63) is 28.0 Å². The molecule has 1 aliphatic carbocycles. The van der Waals surface area contributed by atoms with Gasteiger partial charge in [0.05, 0.1) is 5.56 Å². The summed E-state index contributed by atoms with van der Waals surface area (Å²) in [6, 6.07) is 2.04. The maximum absolute atomic E-state index is 12.0. The fraction of sp³-hybridized carbons (Fsp3) is 0.429. The van der Waals surface area contributed by atoms with Gasteiger partial charge < -0.3 is 10.4 Å². The van der Waals surface area contributed by atoms with Crippen LogP contribution in [0, 0.1) is 5.92 Å². The third kappa shape index (κ3) is 3.92. The Hall–Kier alpha value is -1.62. The van der Waals surface area contributed by atoms with Gasteiger partial charge >= 0.3 is 5.97 Å². The Morgan fingerprint density at radius 3 is 3.05 bits per heavy atom. The molecule has 0 aromatic carbocycles. The highest BCUT2D eigenvalue weighted by Crippen LogP contribution is 2.34. The quantitative estimate of drug-likeness (QED) is 0.787. The number of amides is 1. The molecule has 0 bridgehead atoms. The highest BCUT2D eigenvalue weighted by molar-refractivity contribution is 7.11. The summed E-state index contributed by atoms with van der Waals surface area (Å²) >= 11 is 1.37. The Bertz CT molecular complexity index is 507. The SMILES string of the molecule is CCCC1CC1NC(=O)c1csc(/C=C/C(=O)O)c1. The van der Waals surface area contributed by atoms with Crippen molar-refractivity contribution in [3.63, 3.8) is 0 Å². The van der Waals surface area contributed by atoms with Gasteiger partial charge in [0.1, 0.15) is 0 Å². The van der Waals surface area contributed by atoms with Crippen LogP contribution in [0.1, 0.15) is 41.4 Å². The number of aliphatic carboxylic acids is 1. The van der Waals surface area contributed by atoms with E-state index in [0.717, 1.165) is 23.8 Å². The number of hydrogen-bond acceptors (Lipinski definition) is 3. The number of hydrogen-bond donors (Lipinski definition) is 2. The Labute approximate surface area is 116 Å². The Morgan fingerprint density at radius 1 is 1.58 bits per heavy atom. The van der Waals surface area contributed by atoms with E-state index in [-0.39, 0.29) is 5.91 Å². The molecule has 0 radical (unpaired) electrons. The third-order valence-electron chi connectivity index (χ3n) is 3.17. The lowest BCUT2D eigenvalue weighted by atomic mass is 10.2. The van der Waals surface area contributed by atoms with Gasteiger partial charge in [0.25, 0.3) is 5.91 Å². The molecule has 0 spiro atoms. The van der Waals surface area contributed by atoms with Crippen LogP contribution in [-0.4, -0.2) is 23.0 Å². The summed E-state index contributed by atoms with van der Waals surface area (Å²) in [5.41, 5.74) is 0.609. The molecule has 1 aromatic rings. The largest absolute Gasteiger partial charge is 0.478 e. The predicted molar refractivity (Wildman–Crippen MR) is 75.3 cm³/mol. The van der Waals surface area contributed by atoms with Crippen molar-refractivity contribution in [2.45, 2.75) is 32.2 Å². The molecular formula is C14H17NO3S. The molecule has 2 N–H and O–H groups in total. The minimum atomic E-state index is -0.986. The van der Waals surface area contributed by atoms with Crippen molar-refractivity contribution < 1.29 is 14.7 Å². The number of carbonyl (C=O) groups excluding carboxylic acids is 1. The summed E-state index contributed by atoms with van der Waals surface area (Å²) < 4.78 is 0.